The van der Waals surface area contributed by atoms with Crippen molar-refractivity contribution in [2.75, 3.05) is 7.11 Å². The highest BCUT2D eigenvalue weighted by Crippen LogP contribution is 2.23. The van der Waals surface area contributed by atoms with Gasteiger partial charge in [-0.25, -0.2) is 14.4 Å². The van der Waals surface area contributed by atoms with Crippen LogP contribution in [0.15, 0.2) is 72.8 Å². The number of ether oxygens (including phenoxy) is 4. The Morgan fingerprint density at radius 3 is 2.15 bits per heavy atom. The van der Waals surface area contributed by atoms with Gasteiger partial charge < -0.3 is 29.4 Å². The Hall–Kier alpha value is -4.53. The van der Waals surface area contributed by atoms with E-state index in [1.165, 1.54) is 19.1 Å². The first-order valence-corrected chi connectivity index (χ1v) is 12.5. The van der Waals surface area contributed by atoms with Crippen LogP contribution in [0, 0.1) is 5.92 Å². The van der Waals surface area contributed by atoms with Crippen molar-refractivity contribution >= 4 is 18.0 Å². The standard InChI is InChI=1S/C30H33NO8/c1-19(2)27(31-30(35)37-18-22-8-6-5-7-9-22)29(34)39-20(3)38-25-14-15-26(28(32)33)23(17-25)16-21-10-12-24(36-4)13-11-21/h5-15,17,19-20,27H,16,18H2,1-4H3,(H,31,35)(H,32,33)/t20?,27-/m0/s1. The highest BCUT2D eigenvalue weighted by Gasteiger charge is 2.28. The fourth-order valence-electron chi connectivity index (χ4n) is 3.80. The van der Waals surface area contributed by atoms with Crippen LogP contribution in [0.2, 0.25) is 0 Å². The maximum atomic E-state index is 12.8. The maximum Gasteiger partial charge on any atom is 0.408 e. The molecule has 39 heavy (non-hydrogen) atoms. The number of carbonyl (C=O) groups excluding carboxylic acids is 2. The van der Waals surface area contributed by atoms with E-state index in [0.717, 1.165) is 11.1 Å². The second-order valence-corrected chi connectivity index (χ2v) is 9.20. The molecule has 206 valence electrons. The molecule has 0 radical (unpaired) electrons. The van der Waals surface area contributed by atoms with E-state index in [1.54, 1.807) is 39.2 Å². The quantitative estimate of drug-likeness (QED) is 0.240. The summed E-state index contributed by atoms with van der Waals surface area (Å²) in [7, 11) is 1.57. The third kappa shape index (κ3) is 8.77. The number of hydrogen-bond donors (Lipinski definition) is 2. The summed E-state index contributed by atoms with van der Waals surface area (Å²) in [6, 6.07) is 20.1. The third-order valence-electron chi connectivity index (χ3n) is 5.85. The average Bonchev–Trinajstić information content (AvgIpc) is 2.91. The van der Waals surface area contributed by atoms with Crippen LogP contribution in [0.25, 0.3) is 0 Å². The van der Waals surface area contributed by atoms with E-state index in [1.807, 2.05) is 42.5 Å². The number of alkyl carbamates (subject to hydrolysis) is 1. The Balaban J connectivity index is 1.62. The highest BCUT2D eigenvalue weighted by molar-refractivity contribution is 5.89. The van der Waals surface area contributed by atoms with Gasteiger partial charge in [0.2, 0.25) is 6.29 Å². The minimum atomic E-state index is -1.06. The molecule has 0 aliphatic rings. The lowest BCUT2D eigenvalue weighted by molar-refractivity contribution is -0.165. The Bertz CT molecular complexity index is 1260. The highest BCUT2D eigenvalue weighted by atomic mass is 16.7. The van der Waals surface area contributed by atoms with Gasteiger partial charge in [0.1, 0.15) is 24.1 Å². The third-order valence-corrected chi connectivity index (χ3v) is 5.85. The van der Waals surface area contributed by atoms with Gasteiger partial charge in [-0.05, 0) is 59.4 Å². The molecule has 1 unspecified atom stereocenters. The fourth-order valence-corrected chi connectivity index (χ4v) is 3.80. The predicted octanol–water partition coefficient (Wildman–Crippen LogP) is 5.20. The number of carbonyl (C=O) groups is 3. The molecule has 0 heterocycles. The molecule has 9 nitrogen and oxygen atoms in total. The van der Waals surface area contributed by atoms with Crippen molar-refractivity contribution in [1.29, 1.82) is 0 Å². The van der Waals surface area contributed by atoms with Gasteiger partial charge in [0.05, 0.1) is 12.7 Å². The van der Waals surface area contributed by atoms with Gasteiger partial charge in [0.25, 0.3) is 0 Å². The van der Waals surface area contributed by atoms with Crippen LogP contribution in [0.4, 0.5) is 4.79 Å². The van der Waals surface area contributed by atoms with Crippen LogP contribution < -0.4 is 14.8 Å². The van der Waals surface area contributed by atoms with Gasteiger partial charge in [-0.1, -0.05) is 56.3 Å². The number of nitrogens with one attached hydrogen (secondary N) is 1. The van der Waals surface area contributed by atoms with Crippen molar-refractivity contribution in [3.8, 4) is 11.5 Å². The molecule has 3 rings (SSSR count). The summed E-state index contributed by atoms with van der Waals surface area (Å²) in [6.07, 6.45) is -1.40. The van der Waals surface area contributed by atoms with E-state index in [-0.39, 0.29) is 18.1 Å². The number of carboxylic acids is 1. The van der Waals surface area contributed by atoms with Crippen molar-refractivity contribution in [1.82, 2.24) is 5.32 Å². The summed E-state index contributed by atoms with van der Waals surface area (Å²) in [4.78, 5) is 36.9. The Morgan fingerprint density at radius 1 is 0.872 bits per heavy atom. The number of aromatic carboxylic acids is 1. The molecule has 0 spiro atoms. The van der Waals surface area contributed by atoms with Gasteiger partial charge in [0.15, 0.2) is 0 Å². The van der Waals surface area contributed by atoms with Crippen molar-refractivity contribution < 1.29 is 38.4 Å². The molecule has 1 amide bonds. The smallest absolute Gasteiger partial charge is 0.408 e. The minimum absolute atomic E-state index is 0.0667. The molecule has 0 saturated heterocycles. The van der Waals surface area contributed by atoms with Gasteiger partial charge >= 0.3 is 18.0 Å². The number of benzene rings is 3. The van der Waals surface area contributed by atoms with E-state index in [4.69, 9.17) is 18.9 Å². The molecule has 2 N–H and O–H groups in total. The molecular formula is C30H33NO8. The summed E-state index contributed by atoms with van der Waals surface area (Å²) in [5.74, 6) is -0.993. The van der Waals surface area contributed by atoms with Gasteiger partial charge in [-0.15, -0.1) is 0 Å². The lowest BCUT2D eigenvalue weighted by Gasteiger charge is -2.23. The molecule has 9 heteroatoms. The van der Waals surface area contributed by atoms with E-state index < -0.39 is 30.4 Å². The molecule has 2 atom stereocenters. The first-order valence-electron chi connectivity index (χ1n) is 12.5. The molecule has 3 aromatic rings. The molecule has 0 bridgehead atoms. The van der Waals surface area contributed by atoms with Crippen molar-refractivity contribution in [2.45, 2.75) is 46.1 Å². The SMILES string of the molecule is COc1ccc(Cc2cc(OC(C)OC(=O)[C@@H](NC(=O)OCc3ccccc3)C(C)C)ccc2C(=O)O)cc1. The zero-order valence-electron chi connectivity index (χ0n) is 22.4. The lowest BCUT2D eigenvalue weighted by atomic mass is 9.99. The molecule has 0 saturated carbocycles. The van der Waals surface area contributed by atoms with Crippen LogP contribution in [0.1, 0.15) is 47.8 Å². The normalized spacial score (nSPS) is 12.2. The van der Waals surface area contributed by atoms with E-state index in [0.29, 0.717) is 23.5 Å². The van der Waals surface area contributed by atoms with Crippen LogP contribution in [-0.4, -0.2) is 42.6 Å². The first-order chi connectivity index (χ1) is 18.7. The van der Waals surface area contributed by atoms with E-state index in [9.17, 15) is 19.5 Å². The average molecular weight is 536 g/mol. The van der Waals surface area contributed by atoms with Crippen molar-refractivity contribution in [3.05, 3.63) is 95.1 Å². The Labute approximate surface area is 227 Å². The van der Waals surface area contributed by atoms with Crippen LogP contribution in [0.5, 0.6) is 11.5 Å². The van der Waals surface area contributed by atoms with Crippen molar-refractivity contribution in [2.24, 2.45) is 5.92 Å². The summed E-state index contributed by atoms with van der Waals surface area (Å²) in [5, 5.41) is 12.2. The van der Waals surface area contributed by atoms with Gasteiger partial charge in [-0.2, -0.15) is 0 Å². The second kappa shape index (κ2) is 13.9. The largest absolute Gasteiger partial charge is 0.497 e. The second-order valence-electron chi connectivity index (χ2n) is 9.20. The Kier molecular flexibility index (Phi) is 10.3. The summed E-state index contributed by atoms with van der Waals surface area (Å²) >= 11 is 0. The molecule has 3 aromatic carbocycles. The number of carboxylic acid groups (broad SMARTS) is 1. The summed E-state index contributed by atoms with van der Waals surface area (Å²) < 4.78 is 21.6. The number of esters is 1. The molecule has 0 aromatic heterocycles. The Morgan fingerprint density at radius 2 is 1.54 bits per heavy atom. The molecular weight excluding hydrogens is 502 g/mol. The van der Waals surface area contributed by atoms with Crippen molar-refractivity contribution in [3.63, 3.8) is 0 Å². The fraction of sp³-hybridized carbons (Fsp3) is 0.300. The number of amides is 1. The van der Waals surface area contributed by atoms with E-state index in [2.05, 4.69) is 5.32 Å². The summed E-state index contributed by atoms with van der Waals surface area (Å²) in [5.41, 5.74) is 2.38. The number of rotatable bonds is 12. The lowest BCUT2D eigenvalue weighted by Crippen LogP contribution is -2.46. The van der Waals surface area contributed by atoms with E-state index >= 15 is 0 Å². The zero-order valence-corrected chi connectivity index (χ0v) is 22.4. The molecule has 0 aliphatic carbocycles. The molecule has 0 aliphatic heterocycles. The maximum absolute atomic E-state index is 12.8. The topological polar surface area (TPSA) is 120 Å². The monoisotopic (exact) mass is 535 g/mol. The van der Waals surface area contributed by atoms with Crippen LogP contribution >= 0.6 is 0 Å². The predicted molar refractivity (Wildman–Crippen MR) is 144 cm³/mol. The zero-order chi connectivity index (χ0) is 28.4. The van der Waals surface area contributed by atoms with Crippen LogP contribution in [-0.2, 0) is 27.3 Å². The number of hydrogen-bond acceptors (Lipinski definition) is 7. The van der Waals surface area contributed by atoms with Gasteiger partial charge in [0, 0.05) is 6.92 Å². The number of methoxy groups -OCH3 is 1. The van der Waals surface area contributed by atoms with Crippen LogP contribution in [0.3, 0.4) is 0 Å². The van der Waals surface area contributed by atoms with Gasteiger partial charge in [-0.3, -0.25) is 0 Å². The first kappa shape index (κ1) is 29.0. The summed E-state index contributed by atoms with van der Waals surface area (Å²) in [6.45, 7) is 5.14. The molecule has 0 fully saturated rings. The minimum Gasteiger partial charge on any atom is -0.497 e.